The molecule has 0 aliphatic heterocycles. The summed E-state index contributed by atoms with van der Waals surface area (Å²) < 4.78 is 5.53. The lowest BCUT2D eigenvalue weighted by atomic mass is 10.2. The monoisotopic (exact) mass is 181 g/mol. The number of aryl methyl sites for hydroxylation is 1. The predicted octanol–water partition coefficient (Wildman–Crippen LogP) is 3.04. The van der Waals surface area contributed by atoms with Gasteiger partial charge < -0.3 is 9.73 Å². The van der Waals surface area contributed by atoms with E-state index in [1.54, 1.807) is 0 Å². The van der Waals surface area contributed by atoms with Crippen LogP contribution in [0.1, 0.15) is 44.8 Å². The molecule has 0 aliphatic rings. The molecule has 0 fully saturated rings. The van der Waals surface area contributed by atoms with Crippen molar-refractivity contribution in [2.24, 2.45) is 0 Å². The van der Waals surface area contributed by atoms with Crippen LogP contribution in [0.5, 0.6) is 0 Å². The summed E-state index contributed by atoms with van der Waals surface area (Å²) in [6.45, 7) is 8.47. The van der Waals surface area contributed by atoms with Gasteiger partial charge in [-0.1, -0.05) is 6.92 Å². The molecule has 1 N–H and O–H groups in total. The van der Waals surface area contributed by atoms with Crippen LogP contribution in [0, 0.1) is 6.92 Å². The summed E-state index contributed by atoms with van der Waals surface area (Å²) in [5, 5.41) is 3.47. The highest BCUT2D eigenvalue weighted by Crippen LogP contribution is 2.16. The zero-order valence-electron chi connectivity index (χ0n) is 8.92. The molecule has 2 atom stereocenters. The van der Waals surface area contributed by atoms with E-state index >= 15 is 0 Å². The van der Waals surface area contributed by atoms with E-state index < -0.39 is 0 Å². The second-order valence-corrected chi connectivity index (χ2v) is 3.65. The molecular formula is C11H19NO. The van der Waals surface area contributed by atoms with Gasteiger partial charge in [-0.05, 0) is 39.3 Å². The number of hydrogen-bond acceptors (Lipinski definition) is 2. The summed E-state index contributed by atoms with van der Waals surface area (Å²) in [7, 11) is 0. The Morgan fingerprint density at radius 2 is 2.08 bits per heavy atom. The minimum atomic E-state index is 0.309. The molecule has 0 unspecified atom stereocenters. The number of rotatable bonds is 4. The third-order valence-electron chi connectivity index (χ3n) is 2.33. The molecule has 0 bridgehead atoms. The van der Waals surface area contributed by atoms with Gasteiger partial charge in [0.2, 0.25) is 0 Å². The van der Waals surface area contributed by atoms with E-state index in [1.807, 2.05) is 19.1 Å². The first-order chi connectivity index (χ1) is 6.13. The minimum Gasteiger partial charge on any atom is -0.465 e. The molecule has 13 heavy (non-hydrogen) atoms. The third-order valence-corrected chi connectivity index (χ3v) is 2.33. The van der Waals surface area contributed by atoms with Crippen LogP contribution >= 0.6 is 0 Å². The van der Waals surface area contributed by atoms with Crippen molar-refractivity contribution in [3.63, 3.8) is 0 Å². The van der Waals surface area contributed by atoms with Gasteiger partial charge in [0.05, 0.1) is 6.04 Å². The van der Waals surface area contributed by atoms with E-state index in [-0.39, 0.29) is 0 Å². The van der Waals surface area contributed by atoms with Gasteiger partial charge in [-0.3, -0.25) is 0 Å². The van der Waals surface area contributed by atoms with Crippen molar-refractivity contribution in [2.75, 3.05) is 0 Å². The predicted molar refractivity (Wildman–Crippen MR) is 54.7 cm³/mol. The lowest BCUT2D eigenvalue weighted by Gasteiger charge is -2.16. The Bertz CT molecular complexity index is 254. The fourth-order valence-electron chi connectivity index (χ4n) is 1.31. The van der Waals surface area contributed by atoms with Crippen molar-refractivity contribution in [3.05, 3.63) is 23.7 Å². The molecule has 0 saturated carbocycles. The molecule has 1 rings (SSSR count). The highest BCUT2D eigenvalue weighted by molar-refractivity contribution is 5.08. The standard InChI is InChI=1S/C11H19NO/c1-5-8(2)12-10(4)11-7-6-9(3)13-11/h6-8,10,12H,5H2,1-4H3/t8-,10+/m1/s1. The normalized spacial score (nSPS) is 15.7. The molecule has 1 aromatic heterocycles. The summed E-state index contributed by atoms with van der Waals surface area (Å²) in [6.07, 6.45) is 1.14. The fraction of sp³-hybridized carbons (Fsp3) is 0.636. The second kappa shape index (κ2) is 4.47. The van der Waals surface area contributed by atoms with Crippen LogP contribution in [0.2, 0.25) is 0 Å². The Hall–Kier alpha value is -0.760. The molecular weight excluding hydrogens is 162 g/mol. The van der Waals surface area contributed by atoms with Gasteiger partial charge in [0.15, 0.2) is 0 Å². The first-order valence-corrected chi connectivity index (χ1v) is 4.96. The SMILES string of the molecule is CC[C@@H](C)N[C@@H](C)c1ccc(C)o1. The minimum absolute atomic E-state index is 0.309. The van der Waals surface area contributed by atoms with Crippen molar-refractivity contribution in [1.82, 2.24) is 5.32 Å². The van der Waals surface area contributed by atoms with E-state index in [4.69, 9.17) is 4.42 Å². The number of hydrogen-bond donors (Lipinski definition) is 1. The summed E-state index contributed by atoms with van der Waals surface area (Å²) in [5.74, 6) is 2.01. The van der Waals surface area contributed by atoms with Gasteiger partial charge in [0.1, 0.15) is 11.5 Å². The van der Waals surface area contributed by atoms with Gasteiger partial charge >= 0.3 is 0 Å². The van der Waals surface area contributed by atoms with Crippen LogP contribution < -0.4 is 5.32 Å². The molecule has 0 saturated heterocycles. The molecule has 74 valence electrons. The Morgan fingerprint density at radius 3 is 2.54 bits per heavy atom. The Balaban J connectivity index is 2.53. The van der Waals surface area contributed by atoms with E-state index in [0.717, 1.165) is 17.9 Å². The molecule has 0 aromatic carbocycles. The average molecular weight is 181 g/mol. The number of nitrogens with one attached hydrogen (secondary N) is 1. The third kappa shape index (κ3) is 2.88. The second-order valence-electron chi connectivity index (χ2n) is 3.65. The van der Waals surface area contributed by atoms with Crippen LogP contribution in [0.4, 0.5) is 0 Å². The maximum absolute atomic E-state index is 5.53. The Morgan fingerprint density at radius 1 is 1.38 bits per heavy atom. The molecule has 1 aromatic rings. The maximum atomic E-state index is 5.53. The smallest absolute Gasteiger partial charge is 0.120 e. The molecule has 0 radical (unpaired) electrons. The van der Waals surface area contributed by atoms with Crippen molar-refractivity contribution >= 4 is 0 Å². The highest BCUT2D eigenvalue weighted by atomic mass is 16.3. The van der Waals surface area contributed by atoms with Crippen LogP contribution in [-0.4, -0.2) is 6.04 Å². The van der Waals surface area contributed by atoms with E-state index in [9.17, 15) is 0 Å². The molecule has 0 spiro atoms. The summed E-state index contributed by atoms with van der Waals surface area (Å²) >= 11 is 0. The summed E-state index contributed by atoms with van der Waals surface area (Å²) in [6, 6.07) is 4.89. The van der Waals surface area contributed by atoms with E-state index in [2.05, 4.69) is 26.1 Å². The number of furan rings is 1. The first kappa shape index (κ1) is 10.3. The highest BCUT2D eigenvalue weighted by Gasteiger charge is 2.10. The summed E-state index contributed by atoms with van der Waals surface area (Å²) in [4.78, 5) is 0. The van der Waals surface area contributed by atoms with Gasteiger partial charge in [-0.15, -0.1) is 0 Å². The molecule has 0 aliphatic carbocycles. The topological polar surface area (TPSA) is 25.2 Å². The van der Waals surface area contributed by atoms with Crippen molar-refractivity contribution in [3.8, 4) is 0 Å². The van der Waals surface area contributed by atoms with Gasteiger partial charge in [0.25, 0.3) is 0 Å². The van der Waals surface area contributed by atoms with Crippen LogP contribution in [0.3, 0.4) is 0 Å². The van der Waals surface area contributed by atoms with E-state index in [0.29, 0.717) is 12.1 Å². The Kier molecular flexibility index (Phi) is 3.55. The molecule has 2 nitrogen and oxygen atoms in total. The van der Waals surface area contributed by atoms with Crippen LogP contribution in [-0.2, 0) is 0 Å². The van der Waals surface area contributed by atoms with Gasteiger partial charge in [-0.25, -0.2) is 0 Å². The average Bonchev–Trinajstić information content (AvgIpc) is 2.51. The van der Waals surface area contributed by atoms with E-state index in [1.165, 1.54) is 0 Å². The van der Waals surface area contributed by atoms with Crippen molar-refractivity contribution in [1.29, 1.82) is 0 Å². The lowest BCUT2D eigenvalue weighted by Crippen LogP contribution is -2.27. The van der Waals surface area contributed by atoms with Gasteiger partial charge in [0, 0.05) is 6.04 Å². The van der Waals surface area contributed by atoms with Crippen LogP contribution in [0.15, 0.2) is 16.5 Å². The van der Waals surface area contributed by atoms with Crippen molar-refractivity contribution < 1.29 is 4.42 Å². The molecule has 0 amide bonds. The fourth-order valence-corrected chi connectivity index (χ4v) is 1.31. The largest absolute Gasteiger partial charge is 0.465 e. The zero-order valence-corrected chi connectivity index (χ0v) is 8.92. The Labute approximate surface area is 80.3 Å². The lowest BCUT2D eigenvalue weighted by molar-refractivity contribution is 0.385. The zero-order chi connectivity index (χ0) is 9.84. The molecule has 1 heterocycles. The van der Waals surface area contributed by atoms with Gasteiger partial charge in [-0.2, -0.15) is 0 Å². The maximum Gasteiger partial charge on any atom is 0.120 e. The first-order valence-electron chi connectivity index (χ1n) is 4.96. The van der Waals surface area contributed by atoms with Crippen LogP contribution in [0.25, 0.3) is 0 Å². The summed E-state index contributed by atoms with van der Waals surface area (Å²) in [5.41, 5.74) is 0. The van der Waals surface area contributed by atoms with Crippen molar-refractivity contribution in [2.45, 2.75) is 46.2 Å². The quantitative estimate of drug-likeness (QED) is 0.772. The molecule has 2 heteroatoms.